The number of alkyl halides is 5. The van der Waals surface area contributed by atoms with Gasteiger partial charge in [-0.1, -0.05) is 12.1 Å². The summed E-state index contributed by atoms with van der Waals surface area (Å²) in [7, 11) is 0. The van der Waals surface area contributed by atoms with Gasteiger partial charge in [0.15, 0.2) is 0 Å². The van der Waals surface area contributed by atoms with Crippen molar-refractivity contribution in [2.24, 2.45) is 0 Å². The highest BCUT2D eigenvalue weighted by Crippen LogP contribution is 2.40. The molecule has 1 aromatic rings. The summed E-state index contributed by atoms with van der Waals surface area (Å²) in [4.78, 5) is 33.7. The lowest BCUT2D eigenvalue weighted by Crippen LogP contribution is -2.53. The average molecular weight is 293 g/mol. The number of ketones is 1. The Morgan fingerprint density at radius 1 is 1.00 bits per heavy atom. The summed E-state index contributed by atoms with van der Waals surface area (Å²) in [6, 6.07) is 4.45. The molecule has 1 heterocycles. The van der Waals surface area contributed by atoms with E-state index >= 15 is 0 Å². The number of imide groups is 1. The van der Waals surface area contributed by atoms with Crippen molar-refractivity contribution in [3.05, 3.63) is 29.8 Å². The van der Waals surface area contributed by atoms with E-state index in [9.17, 15) is 36.3 Å². The SMILES string of the molecule is O=C1C(=O)N(C(=O)C(F)(F)C(F)(F)F)c2ccccc21. The fourth-order valence-electron chi connectivity index (χ4n) is 1.65. The minimum atomic E-state index is -6.16. The third-order valence-electron chi connectivity index (χ3n) is 2.61. The monoisotopic (exact) mass is 293 g/mol. The largest absolute Gasteiger partial charge is 0.463 e. The topological polar surface area (TPSA) is 54.5 Å². The first-order valence-electron chi connectivity index (χ1n) is 5.06. The summed E-state index contributed by atoms with van der Waals surface area (Å²) >= 11 is 0. The molecule has 0 fully saturated rings. The summed E-state index contributed by atoms with van der Waals surface area (Å²) in [5.41, 5.74) is -0.986. The second-order valence-electron chi connectivity index (χ2n) is 3.86. The zero-order valence-electron chi connectivity index (χ0n) is 9.37. The van der Waals surface area contributed by atoms with E-state index in [2.05, 4.69) is 0 Å². The van der Waals surface area contributed by atoms with E-state index in [0.29, 0.717) is 0 Å². The molecular formula is C11H4F5NO3. The number of hydrogen-bond donors (Lipinski definition) is 0. The van der Waals surface area contributed by atoms with Gasteiger partial charge in [0.05, 0.1) is 11.3 Å². The van der Waals surface area contributed by atoms with Crippen LogP contribution in [0.2, 0.25) is 0 Å². The van der Waals surface area contributed by atoms with Gasteiger partial charge in [0, 0.05) is 0 Å². The molecule has 2 amide bonds. The van der Waals surface area contributed by atoms with Gasteiger partial charge in [-0.05, 0) is 12.1 Å². The van der Waals surface area contributed by atoms with Crippen LogP contribution < -0.4 is 4.90 Å². The predicted molar refractivity (Wildman–Crippen MR) is 54.3 cm³/mol. The Morgan fingerprint density at radius 3 is 2.10 bits per heavy atom. The molecule has 9 heteroatoms. The van der Waals surface area contributed by atoms with E-state index in [1.165, 1.54) is 12.1 Å². The summed E-state index contributed by atoms with van der Waals surface area (Å²) in [6.45, 7) is 0. The number of nitrogens with zero attached hydrogens (tertiary/aromatic N) is 1. The number of para-hydroxylation sites is 1. The second kappa shape index (κ2) is 4.09. The van der Waals surface area contributed by atoms with Gasteiger partial charge >= 0.3 is 23.9 Å². The van der Waals surface area contributed by atoms with Crippen molar-refractivity contribution in [3.8, 4) is 0 Å². The Bertz CT molecular complexity index is 623. The average Bonchev–Trinajstić information content (AvgIpc) is 2.60. The lowest BCUT2D eigenvalue weighted by molar-refractivity contribution is -0.268. The first-order chi connectivity index (χ1) is 9.09. The predicted octanol–water partition coefficient (Wildman–Crippen LogP) is 1.94. The number of benzene rings is 1. The van der Waals surface area contributed by atoms with Crippen LogP contribution in [-0.4, -0.2) is 29.7 Å². The van der Waals surface area contributed by atoms with E-state index < -0.39 is 45.8 Å². The van der Waals surface area contributed by atoms with Gasteiger partial charge in [-0.15, -0.1) is 0 Å². The number of halogens is 5. The minimum absolute atomic E-state index is 0.399. The Kier molecular flexibility index (Phi) is 2.88. The van der Waals surface area contributed by atoms with Crippen molar-refractivity contribution in [3.63, 3.8) is 0 Å². The quantitative estimate of drug-likeness (QED) is 0.587. The number of fused-ring (bicyclic) bond motifs is 1. The third-order valence-corrected chi connectivity index (χ3v) is 2.61. The summed E-state index contributed by atoms with van der Waals surface area (Å²) in [5.74, 6) is -11.6. The maximum atomic E-state index is 13.0. The number of rotatable bonds is 1. The highest BCUT2D eigenvalue weighted by atomic mass is 19.4. The molecule has 20 heavy (non-hydrogen) atoms. The normalized spacial score (nSPS) is 15.6. The summed E-state index contributed by atoms with van der Waals surface area (Å²) in [5, 5.41) is 0. The fourth-order valence-corrected chi connectivity index (χ4v) is 1.65. The Hall–Kier alpha value is -2.32. The van der Waals surface area contributed by atoms with Crippen LogP contribution in [0.4, 0.5) is 27.6 Å². The molecular weight excluding hydrogens is 289 g/mol. The molecule has 0 atom stereocenters. The number of Topliss-reactive ketones (excluding diaryl/α,β-unsaturated/α-hetero) is 1. The second-order valence-corrected chi connectivity index (χ2v) is 3.86. The van der Waals surface area contributed by atoms with Crippen molar-refractivity contribution in [1.82, 2.24) is 0 Å². The van der Waals surface area contributed by atoms with Crippen LogP contribution in [0.3, 0.4) is 0 Å². The molecule has 1 aromatic carbocycles. The lowest BCUT2D eigenvalue weighted by atomic mass is 10.1. The van der Waals surface area contributed by atoms with Crippen molar-refractivity contribution in [2.45, 2.75) is 12.1 Å². The number of carbonyl (C=O) groups is 3. The number of carbonyl (C=O) groups excluding carboxylic acids is 3. The summed E-state index contributed by atoms with van der Waals surface area (Å²) < 4.78 is 62.4. The molecule has 4 nitrogen and oxygen atoms in total. The van der Waals surface area contributed by atoms with Crippen molar-refractivity contribution < 1.29 is 36.3 Å². The molecule has 1 aliphatic rings. The van der Waals surface area contributed by atoms with Crippen LogP contribution in [0.15, 0.2) is 24.3 Å². The van der Waals surface area contributed by atoms with Gasteiger partial charge in [-0.3, -0.25) is 14.4 Å². The molecule has 106 valence electrons. The van der Waals surface area contributed by atoms with E-state index in [1.807, 2.05) is 0 Å². The van der Waals surface area contributed by atoms with Crippen molar-refractivity contribution >= 4 is 23.3 Å². The molecule has 0 saturated carbocycles. The third kappa shape index (κ3) is 1.77. The van der Waals surface area contributed by atoms with Crippen LogP contribution in [0.25, 0.3) is 0 Å². The standard InChI is InChI=1S/C11H4F5NO3/c12-10(13,11(14,15)16)9(20)17-6-4-2-1-3-5(6)7(18)8(17)19/h1-4H. The van der Waals surface area contributed by atoms with Crippen LogP contribution in [0, 0.1) is 0 Å². The molecule has 0 unspecified atom stereocenters. The smallest absolute Gasteiger partial charge is 0.283 e. The van der Waals surface area contributed by atoms with Gasteiger partial charge in [0.2, 0.25) is 0 Å². The Balaban J connectivity index is 2.52. The van der Waals surface area contributed by atoms with Gasteiger partial charge < -0.3 is 0 Å². The van der Waals surface area contributed by atoms with Gasteiger partial charge in [0.25, 0.3) is 5.78 Å². The lowest BCUT2D eigenvalue weighted by Gasteiger charge is -2.23. The summed E-state index contributed by atoms with van der Waals surface area (Å²) in [6.07, 6.45) is -6.16. The zero-order chi connectivity index (χ0) is 15.3. The van der Waals surface area contributed by atoms with E-state index in [-0.39, 0.29) is 0 Å². The molecule has 0 bridgehead atoms. The zero-order valence-corrected chi connectivity index (χ0v) is 9.37. The fraction of sp³-hybridized carbons (Fsp3) is 0.182. The maximum Gasteiger partial charge on any atom is 0.463 e. The van der Waals surface area contributed by atoms with E-state index in [4.69, 9.17) is 0 Å². The molecule has 0 radical (unpaired) electrons. The van der Waals surface area contributed by atoms with Crippen LogP contribution in [0.5, 0.6) is 0 Å². The Morgan fingerprint density at radius 2 is 1.55 bits per heavy atom. The molecule has 0 spiro atoms. The number of amides is 2. The number of hydrogen-bond acceptors (Lipinski definition) is 3. The highest BCUT2D eigenvalue weighted by Gasteiger charge is 2.66. The first-order valence-corrected chi connectivity index (χ1v) is 5.06. The molecule has 0 aromatic heterocycles. The van der Waals surface area contributed by atoms with Gasteiger partial charge in [-0.2, -0.15) is 22.0 Å². The molecule has 0 aliphatic carbocycles. The van der Waals surface area contributed by atoms with Gasteiger partial charge in [-0.25, -0.2) is 4.90 Å². The first kappa shape index (κ1) is 14.1. The minimum Gasteiger partial charge on any atom is -0.283 e. The van der Waals surface area contributed by atoms with E-state index in [0.717, 1.165) is 12.1 Å². The molecule has 1 aliphatic heterocycles. The number of anilines is 1. The molecule has 0 saturated heterocycles. The van der Waals surface area contributed by atoms with E-state index in [1.54, 1.807) is 0 Å². The van der Waals surface area contributed by atoms with Crippen LogP contribution in [-0.2, 0) is 9.59 Å². The Labute approximate surface area is 107 Å². The van der Waals surface area contributed by atoms with Crippen molar-refractivity contribution in [2.75, 3.05) is 4.90 Å². The van der Waals surface area contributed by atoms with Gasteiger partial charge in [0.1, 0.15) is 0 Å². The highest BCUT2D eigenvalue weighted by molar-refractivity contribution is 6.56. The van der Waals surface area contributed by atoms with Crippen molar-refractivity contribution in [1.29, 1.82) is 0 Å². The molecule has 0 N–H and O–H groups in total. The van der Waals surface area contributed by atoms with Crippen LogP contribution >= 0.6 is 0 Å². The van der Waals surface area contributed by atoms with Crippen LogP contribution in [0.1, 0.15) is 10.4 Å². The maximum absolute atomic E-state index is 13.0. The molecule has 2 rings (SSSR count).